The van der Waals surface area contributed by atoms with Crippen LogP contribution in [0.15, 0.2) is 53.7 Å². The fraction of sp³-hybridized carbons (Fsp3) is 0.158. The van der Waals surface area contributed by atoms with E-state index in [2.05, 4.69) is 20.5 Å². The highest BCUT2D eigenvalue weighted by atomic mass is 32.2. The summed E-state index contributed by atoms with van der Waals surface area (Å²) in [5, 5.41) is 9.34. The maximum atomic E-state index is 13.8. The monoisotopic (exact) mass is 384 g/mol. The lowest BCUT2D eigenvalue weighted by molar-refractivity contribution is -0.115. The summed E-state index contributed by atoms with van der Waals surface area (Å²) in [5.41, 5.74) is 1.38. The minimum Gasteiger partial charge on any atom is -0.325 e. The number of nitrogens with zero attached hydrogens (tertiary/aromatic N) is 2. The van der Waals surface area contributed by atoms with Crippen molar-refractivity contribution in [2.75, 3.05) is 5.32 Å². The van der Waals surface area contributed by atoms with E-state index >= 15 is 0 Å². The van der Waals surface area contributed by atoms with Crippen LogP contribution in [0.4, 0.5) is 10.1 Å². The number of halogens is 1. The van der Waals surface area contributed by atoms with Crippen LogP contribution in [0.3, 0.4) is 0 Å². The van der Waals surface area contributed by atoms with Gasteiger partial charge in [-0.3, -0.25) is 14.7 Å². The third kappa shape index (κ3) is 4.59. The number of benzene rings is 2. The zero-order valence-corrected chi connectivity index (χ0v) is 15.5. The number of hydrogen-bond acceptors (Lipinski definition) is 5. The summed E-state index contributed by atoms with van der Waals surface area (Å²) < 4.78 is 13.8. The predicted molar refractivity (Wildman–Crippen MR) is 102 cm³/mol. The van der Waals surface area contributed by atoms with E-state index in [1.54, 1.807) is 49.4 Å². The van der Waals surface area contributed by atoms with Gasteiger partial charge in [-0.1, -0.05) is 36.0 Å². The molecule has 1 aromatic heterocycles. The molecule has 1 heterocycles. The van der Waals surface area contributed by atoms with Crippen molar-refractivity contribution in [3.63, 3.8) is 0 Å². The van der Waals surface area contributed by atoms with Gasteiger partial charge in [0.05, 0.1) is 10.8 Å². The number of rotatable bonds is 6. The van der Waals surface area contributed by atoms with E-state index < -0.39 is 11.1 Å². The lowest BCUT2D eigenvalue weighted by Gasteiger charge is -2.10. The Bertz CT molecular complexity index is 989. The van der Waals surface area contributed by atoms with Gasteiger partial charge in [-0.15, -0.1) is 5.10 Å². The second-order valence-electron chi connectivity index (χ2n) is 5.83. The molecule has 0 unspecified atom stereocenters. The lowest BCUT2D eigenvalue weighted by Crippen LogP contribution is -2.22. The van der Waals surface area contributed by atoms with Gasteiger partial charge in [0.2, 0.25) is 11.1 Å². The van der Waals surface area contributed by atoms with Gasteiger partial charge < -0.3 is 5.32 Å². The van der Waals surface area contributed by atoms with Crippen molar-refractivity contribution in [2.24, 2.45) is 0 Å². The number of aromatic amines is 1. The van der Waals surface area contributed by atoms with Gasteiger partial charge in [-0.25, -0.2) is 9.37 Å². The number of amides is 1. The van der Waals surface area contributed by atoms with Crippen LogP contribution in [0.5, 0.6) is 0 Å². The second kappa shape index (κ2) is 8.13. The molecule has 8 heteroatoms. The van der Waals surface area contributed by atoms with E-state index in [1.165, 1.54) is 13.0 Å². The van der Waals surface area contributed by atoms with Gasteiger partial charge in [0.15, 0.2) is 11.6 Å². The van der Waals surface area contributed by atoms with Crippen molar-refractivity contribution in [3.05, 3.63) is 59.9 Å². The molecule has 3 aromatic rings. The van der Waals surface area contributed by atoms with E-state index in [-0.39, 0.29) is 11.7 Å². The van der Waals surface area contributed by atoms with Crippen LogP contribution in [-0.4, -0.2) is 32.1 Å². The Kier molecular flexibility index (Phi) is 5.66. The average Bonchev–Trinajstić information content (AvgIpc) is 3.10. The van der Waals surface area contributed by atoms with Crippen LogP contribution >= 0.6 is 11.8 Å². The smallest absolute Gasteiger partial charge is 0.237 e. The third-order valence-corrected chi connectivity index (χ3v) is 4.74. The molecule has 3 rings (SSSR count). The first-order valence-electron chi connectivity index (χ1n) is 8.20. The van der Waals surface area contributed by atoms with Crippen LogP contribution < -0.4 is 5.32 Å². The summed E-state index contributed by atoms with van der Waals surface area (Å²) >= 11 is 1.15. The number of Topliss-reactive ketones (excluding diaryl/α,β-unsaturated/α-hetero) is 1. The van der Waals surface area contributed by atoms with Gasteiger partial charge in [0.1, 0.15) is 5.82 Å². The Morgan fingerprint density at radius 3 is 2.70 bits per heavy atom. The summed E-state index contributed by atoms with van der Waals surface area (Å²) in [5.74, 6) is -0.424. The standard InChI is InChI=1S/C19H17FN4O2S/c1-11(25)13-6-5-7-14(10-13)21-18(26)12(2)27-19-22-17(23-24-19)15-8-3-4-9-16(15)20/h3-10,12H,1-2H3,(H,21,26)(H,22,23,24)/t12-/m0/s1. The largest absolute Gasteiger partial charge is 0.325 e. The molecule has 2 N–H and O–H groups in total. The molecule has 6 nitrogen and oxygen atoms in total. The molecule has 0 aliphatic rings. The highest BCUT2D eigenvalue weighted by molar-refractivity contribution is 8.00. The molecule has 0 saturated carbocycles. The zero-order chi connectivity index (χ0) is 19.4. The molecule has 0 bridgehead atoms. The average molecular weight is 384 g/mol. The van der Waals surface area contributed by atoms with Crippen LogP contribution in [0.2, 0.25) is 0 Å². The number of carbonyl (C=O) groups is 2. The molecule has 0 fully saturated rings. The van der Waals surface area contributed by atoms with Crippen molar-refractivity contribution >= 4 is 29.1 Å². The Morgan fingerprint density at radius 1 is 1.19 bits per heavy atom. The molecule has 0 aliphatic carbocycles. The van der Waals surface area contributed by atoms with Crippen molar-refractivity contribution in [3.8, 4) is 11.4 Å². The van der Waals surface area contributed by atoms with Crippen molar-refractivity contribution in [2.45, 2.75) is 24.3 Å². The fourth-order valence-corrected chi connectivity index (χ4v) is 3.07. The summed E-state index contributed by atoms with van der Waals surface area (Å²) in [7, 11) is 0. The predicted octanol–water partition coefficient (Wildman–Crippen LogP) is 3.93. The third-order valence-electron chi connectivity index (χ3n) is 3.78. The topological polar surface area (TPSA) is 87.7 Å². The molecular weight excluding hydrogens is 367 g/mol. The van der Waals surface area contributed by atoms with Crippen LogP contribution in [0, 0.1) is 5.82 Å². The van der Waals surface area contributed by atoms with E-state index in [4.69, 9.17) is 0 Å². The molecule has 0 spiro atoms. The Labute approximate surface area is 159 Å². The number of carbonyl (C=O) groups excluding carboxylic acids is 2. The molecule has 1 amide bonds. The van der Waals surface area contributed by atoms with Crippen molar-refractivity contribution < 1.29 is 14.0 Å². The Hall–Kier alpha value is -3.00. The minimum atomic E-state index is -0.491. The summed E-state index contributed by atoms with van der Waals surface area (Å²) in [6.45, 7) is 3.18. The minimum absolute atomic E-state index is 0.0741. The normalized spacial score (nSPS) is 11.8. The number of anilines is 1. The molecule has 0 radical (unpaired) electrons. The maximum Gasteiger partial charge on any atom is 0.237 e. The Balaban J connectivity index is 1.66. The number of hydrogen-bond donors (Lipinski definition) is 2. The van der Waals surface area contributed by atoms with Gasteiger partial charge in [-0.05, 0) is 38.1 Å². The number of thioether (sulfide) groups is 1. The van der Waals surface area contributed by atoms with Crippen LogP contribution in [0.25, 0.3) is 11.4 Å². The van der Waals surface area contributed by atoms with Gasteiger partial charge in [0.25, 0.3) is 0 Å². The summed E-state index contributed by atoms with van der Waals surface area (Å²) in [4.78, 5) is 28.1. The Morgan fingerprint density at radius 2 is 1.96 bits per heavy atom. The van der Waals surface area contributed by atoms with E-state index in [0.29, 0.717) is 27.8 Å². The van der Waals surface area contributed by atoms with Crippen LogP contribution in [0.1, 0.15) is 24.2 Å². The molecule has 27 heavy (non-hydrogen) atoms. The molecule has 0 saturated heterocycles. The van der Waals surface area contributed by atoms with Crippen molar-refractivity contribution in [1.82, 2.24) is 15.2 Å². The van der Waals surface area contributed by atoms with E-state index in [0.717, 1.165) is 11.8 Å². The fourth-order valence-electron chi connectivity index (χ4n) is 2.34. The second-order valence-corrected chi connectivity index (χ2v) is 7.14. The molecular formula is C19H17FN4O2S. The molecule has 1 atom stereocenters. The lowest BCUT2D eigenvalue weighted by atomic mass is 10.1. The maximum absolute atomic E-state index is 13.8. The van der Waals surface area contributed by atoms with Crippen LogP contribution in [-0.2, 0) is 4.79 Å². The van der Waals surface area contributed by atoms with Gasteiger partial charge >= 0.3 is 0 Å². The van der Waals surface area contributed by atoms with E-state index in [9.17, 15) is 14.0 Å². The first-order valence-corrected chi connectivity index (χ1v) is 9.08. The first kappa shape index (κ1) is 18.8. The van der Waals surface area contributed by atoms with Gasteiger partial charge in [-0.2, -0.15) is 0 Å². The zero-order valence-electron chi connectivity index (χ0n) is 14.7. The number of nitrogens with one attached hydrogen (secondary N) is 2. The quantitative estimate of drug-likeness (QED) is 0.497. The van der Waals surface area contributed by atoms with Gasteiger partial charge in [0, 0.05) is 11.3 Å². The SMILES string of the molecule is CC(=O)c1cccc(NC(=O)[C@H](C)Sc2n[nH]c(-c3ccccc3F)n2)c1. The molecule has 2 aromatic carbocycles. The summed E-state index contributed by atoms with van der Waals surface area (Å²) in [6, 6.07) is 13.0. The molecule has 138 valence electrons. The van der Waals surface area contributed by atoms with E-state index in [1.807, 2.05) is 0 Å². The van der Waals surface area contributed by atoms with Crippen molar-refractivity contribution in [1.29, 1.82) is 0 Å². The first-order chi connectivity index (χ1) is 12.9. The number of ketones is 1. The summed E-state index contributed by atoms with van der Waals surface area (Å²) in [6.07, 6.45) is 0. The molecule has 0 aliphatic heterocycles. The number of H-pyrrole nitrogens is 1. The number of aromatic nitrogens is 3. The highest BCUT2D eigenvalue weighted by Crippen LogP contribution is 2.25. The highest BCUT2D eigenvalue weighted by Gasteiger charge is 2.18.